The number of carbonyl (C=O) groups is 2. The molecule has 1 aliphatic carbocycles. The van der Waals surface area contributed by atoms with Gasteiger partial charge in [0.2, 0.25) is 5.91 Å². The molecule has 34 heavy (non-hydrogen) atoms. The van der Waals surface area contributed by atoms with Crippen LogP contribution in [0, 0.1) is 5.92 Å². The fraction of sp³-hybridized carbons (Fsp3) is 0.286. The van der Waals surface area contributed by atoms with Gasteiger partial charge < -0.3 is 14.5 Å². The highest BCUT2D eigenvalue weighted by Gasteiger charge is 2.42. The summed E-state index contributed by atoms with van der Waals surface area (Å²) in [5.41, 5.74) is 3.92. The van der Waals surface area contributed by atoms with Crippen molar-refractivity contribution in [1.82, 2.24) is 0 Å². The average molecular weight is 457 g/mol. The minimum Gasteiger partial charge on any atom is -0.497 e. The van der Waals surface area contributed by atoms with Crippen molar-refractivity contribution in [1.29, 1.82) is 0 Å². The highest BCUT2D eigenvalue weighted by molar-refractivity contribution is 6.06. The van der Waals surface area contributed by atoms with Crippen LogP contribution in [0.15, 0.2) is 82.6 Å². The van der Waals surface area contributed by atoms with Crippen molar-refractivity contribution >= 4 is 23.1 Å². The zero-order valence-electron chi connectivity index (χ0n) is 19.6. The smallest absolute Gasteiger partial charge is 0.230 e. The molecule has 2 atom stereocenters. The Morgan fingerprint density at radius 1 is 1.06 bits per heavy atom. The Hall–Kier alpha value is -3.80. The molecule has 174 valence electrons. The van der Waals surface area contributed by atoms with Gasteiger partial charge in [0.1, 0.15) is 11.5 Å². The van der Waals surface area contributed by atoms with Crippen LogP contribution in [0.4, 0.5) is 11.4 Å². The van der Waals surface area contributed by atoms with Gasteiger partial charge in [0, 0.05) is 29.5 Å². The molecule has 1 amide bonds. The zero-order chi connectivity index (χ0) is 23.8. The normalized spacial score (nSPS) is 19.9. The number of benzene rings is 2. The minimum absolute atomic E-state index is 0.0188. The van der Waals surface area contributed by atoms with Gasteiger partial charge in [0.05, 0.1) is 30.8 Å². The lowest BCUT2D eigenvalue weighted by Gasteiger charge is -2.35. The summed E-state index contributed by atoms with van der Waals surface area (Å²) >= 11 is 0. The summed E-state index contributed by atoms with van der Waals surface area (Å²) in [6.45, 7) is 3.78. The Morgan fingerprint density at radius 3 is 2.50 bits per heavy atom. The standard InChI is InChI=1S/C28H28N2O4/c1-17(2)28(32)30-23-8-5-4-7-21(23)29-22-15-19(25-9-6-14-34-25)16-24(31)26(22)27(30)18-10-12-20(33-3)13-11-18/h4-14,17,19,27,29H,15-16H2,1-3H3/t19-,27+/m0/s1. The third kappa shape index (κ3) is 3.79. The number of para-hydroxylation sites is 2. The number of hydrogen-bond acceptors (Lipinski definition) is 5. The van der Waals surface area contributed by atoms with Crippen molar-refractivity contribution in [2.24, 2.45) is 5.92 Å². The third-order valence-electron chi connectivity index (χ3n) is 6.60. The molecule has 0 saturated heterocycles. The maximum Gasteiger partial charge on any atom is 0.230 e. The fourth-order valence-electron chi connectivity index (χ4n) is 4.94. The van der Waals surface area contributed by atoms with Crippen molar-refractivity contribution < 1.29 is 18.7 Å². The predicted octanol–water partition coefficient (Wildman–Crippen LogP) is 5.84. The van der Waals surface area contributed by atoms with Gasteiger partial charge in [-0.15, -0.1) is 0 Å². The molecule has 0 saturated carbocycles. The molecule has 6 nitrogen and oxygen atoms in total. The molecular formula is C28H28N2O4. The molecule has 3 aromatic rings. The van der Waals surface area contributed by atoms with Gasteiger partial charge in [-0.3, -0.25) is 14.5 Å². The molecule has 1 aliphatic heterocycles. The predicted molar refractivity (Wildman–Crippen MR) is 131 cm³/mol. The van der Waals surface area contributed by atoms with Gasteiger partial charge >= 0.3 is 0 Å². The first kappa shape index (κ1) is 22.0. The zero-order valence-corrected chi connectivity index (χ0v) is 19.6. The summed E-state index contributed by atoms with van der Waals surface area (Å²) in [4.78, 5) is 29.3. The summed E-state index contributed by atoms with van der Waals surface area (Å²) in [6, 6.07) is 18.6. The molecule has 0 radical (unpaired) electrons. The largest absolute Gasteiger partial charge is 0.497 e. The summed E-state index contributed by atoms with van der Waals surface area (Å²) in [6.07, 6.45) is 2.60. The number of ketones is 1. The molecule has 6 heteroatoms. The molecule has 2 aromatic carbocycles. The maximum absolute atomic E-state index is 13.8. The van der Waals surface area contributed by atoms with E-state index in [1.165, 1.54) is 0 Å². The Kier molecular flexibility index (Phi) is 5.74. The lowest BCUT2D eigenvalue weighted by atomic mass is 9.80. The summed E-state index contributed by atoms with van der Waals surface area (Å²) in [5, 5.41) is 3.53. The second-order valence-corrected chi connectivity index (χ2v) is 9.12. The maximum atomic E-state index is 13.8. The van der Waals surface area contributed by atoms with E-state index in [1.807, 2.05) is 74.5 Å². The second-order valence-electron chi connectivity index (χ2n) is 9.12. The number of nitrogens with zero attached hydrogens (tertiary/aromatic N) is 1. The van der Waals surface area contributed by atoms with Gasteiger partial charge in [-0.25, -0.2) is 0 Å². The molecule has 0 bridgehead atoms. The minimum atomic E-state index is -0.544. The first-order chi connectivity index (χ1) is 16.5. The number of methoxy groups -OCH3 is 1. The van der Waals surface area contributed by atoms with E-state index in [9.17, 15) is 9.59 Å². The van der Waals surface area contributed by atoms with E-state index in [4.69, 9.17) is 9.15 Å². The van der Waals surface area contributed by atoms with Crippen LogP contribution in [0.25, 0.3) is 0 Å². The fourth-order valence-corrected chi connectivity index (χ4v) is 4.94. The topological polar surface area (TPSA) is 71.8 Å². The Labute approximate surface area is 199 Å². The number of rotatable bonds is 4. The van der Waals surface area contributed by atoms with Crippen molar-refractivity contribution in [2.45, 2.75) is 38.6 Å². The van der Waals surface area contributed by atoms with E-state index in [1.54, 1.807) is 18.3 Å². The lowest BCUT2D eigenvalue weighted by Crippen LogP contribution is -2.40. The molecule has 2 heterocycles. The number of nitrogens with one attached hydrogen (secondary N) is 1. The molecule has 0 spiro atoms. The Balaban J connectivity index is 1.72. The molecular weight excluding hydrogens is 428 g/mol. The van der Waals surface area contributed by atoms with Gasteiger partial charge in [-0.2, -0.15) is 0 Å². The Bertz CT molecular complexity index is 1240. The van der Waals surface area contributed by atoms with E-state index in [0.717, 1.165) is 34.1 Å². The summed E-state index contributed by atoms with van der Waals surface area (Å²) < 4.78 is 11.0. The number of fused-ring (bicyclic) bond motifs is 1. The van der Waals surface area contributed by atoms with E-state index in [0.29, 0.717) is 18.4 Å². The van der Waals surface area contributed by atoms with Crippen molar-refractivity contribution in [2.75, 3.05) is 17.3 Å². The molecule has 0 unspecified atom stereocenters. The second kappa shape index (κ2) is 8.86. The van der Waals surface area contributed by atoms with E-state index in [-0.39, 0.29) is 23.5 Å². The monoisotopic (exact) mass is 456 g/mol. The number of amides is 1. The SMILES string of the molecule is COc1ccc([C@@H]2C3=C(C[C@H](c4ccco4)CC3=O)Nc3ccccc3N2C(=O)C(C)C)cc1. The van der Waals surface area contributed by atoms with Crippen LogP contribution in [0.5, 0.6) is 5.75 Å². The van der Waals surface area contributed by atoms with Crippen LogP contribution < -0.4 is 15.0 Å². The van der Waals surface area contributed by atoms with Gasteiger partial charge in [0.25, 0.3) is 0 Å². The van der Waals surface area contributed by atoms with Crippen LogP contribution in [-0.4, -0.2) is 18.8 Å². The number of hydrogen-bond donors (Lipinski definition) is 1. The van der Waals surface area contributed by atoms with E-state index in [2.05, 4.69) is 5.32 Å². The number of allylic oxidation sites excluding steroid dienone is 1. The highest BCUT2D eigenvalue weighted by Crippen LogP contribution is 2.47. The summed E-state index contributed by atoms with van der Waals surface area (Å²) in [5.74, 6) is 1.21. The van der Waals surface area contributed by atoms with Crippen molar-refractivity contribution in [3.63, 3.8) is 0 Å². The van der Waals surface area contributed by atoms with Gasteiger partial charge in [0.15, 0.2) is 5.78 Å². The summed E-state index contributed by atoms with van der Waals surface area (Å²) in [7, 11) is 1.62. The molecule has 0 fully saturated rings. The Morgan fingerprint density at radius 2 is 1.82 bits per heavy atom. The molecule has 1 N–H and O–H groups in total. The molecule has 2 aliphatic rings. The molecule has 1 aromatic heterocycles. The number of anilines is 2. The van der Waals surface area contributed by atoms with Gasteiger partial charge in [-0.05, 0) is 48.4 Å². The number of furan rings is 1. The average Bonchev–Trinajstić information content (AvgIpc) is 3.34. The quantitative estimate of drug-likeness (QED) is 0.534. The van der Waals surface area contributed by atoms with Crippen molar-refractivity contribution in [3.05, 3.63) is 89.5 Å². The van der Waals surface area contributed by atoms with Crippen LogP contribution in [0.1, 0.15) is 50.0 Å². The lowest BCUT2D eigenvalue weighted by molar-refractivity contribution is -0.121. The number of ether oxygens (including phenoxy) is 1. The van der Waals surface area contributed by atoms with Crippen LogP contribution in [-0.2, 0) is 9.59 Å². The molecule has 5 rings (SSSR count). The number of carbonyl (C=O) groups excluding carboxylic acids is 2. The van der Waals surface area contributed by atoms with Crippen LogP contribution >= 0.6 is 0 Å². The van der Waals surface area contributed by atoms with E-state index >= 15 is 0 Å². The first-order valence-corrected chi connectivity index (χ1v) is 11.6. The third-order valence-corrected chi connectivity index (χ3v) is 6.60. The van der Waals surface area contributed by atoms with E-state index < -0.39 is 6.04 Å². The van der Waals surface area contributed by atoms with Crippen LogP contribution in [0.2, 0.25) is 0 Å². The highest BCUT2D eigenvalue weighted by atomic mass is 16.5. The van der Waals surface area contributed by atoms with Crippen LogP contribution in [0.3, 0.4) is 0 Å². The van der Waals surface area contributed by atoms with Gasteiger partial charge in [-0.1, -0.05) is 38.1 Å². The van der Waals surface area contributed by atoms with Crippen molar-refractivity contribution in [3.8, 4) is 5.75 Å². The first-order valence-electron chi connectivity index (χ1n) is 11.6. The number of Topliss-reactive ketones (excluding diaryl/α,β-unsaturated/α-hetero) is 1.